The molecule has 0 saturated carbocycles. The van der Waals surface area contributed by atoms with Gasteiger partial charge < -0.3 is 16.2 Å². The molecule has 0 unspecified atom stereocenters. The van der Waals surface area contributed by atoms with E-state index in [4.69, 9.17) is 10.8 Å². The maximum absolute atomic E-state index is 10.4. The number of aliphatic carboxylic acids is 1. The van der Waals surface area contributed by atoms with Crippen molar-refractivity contribution in [3.63, 3.8) is 0 Å². The normalized spacial score (nSPS) is 10.9. The average molecular weight is 322 g/mol. The number of hydrogen-bond acceptors (Lipinski definition) is 3. The Kier molecular flexibility index (Phi) is 18.1. The molecular weight excluding hydrogens is 304 g/mol. The quantitative estimate of drug-likeness (QED) is 0.637. The van der Waals surface area contributed by atoms with E-state index in [1.807, 2.05) is 0 Å². The molecule has 0 aromatic heterocycles. The molecule has 0 saturated heterocycles. The van der Waals surface area contributed by atoms with E-state index >= 15 is 0 Å². The van der Waals surface area contributed by atoms with Gasteiger partial charge in [0.25, 0.3) is 0 Å². The summed E-state index contributed by atoms with van der Waals surface area (Å²) in [6.45, 7) is 0.635. The Labute approximate surface area is 99.8 Å². The van der Waals surface area contributed by atoms with Crippen LogP contribution in [0.3, 0.4) is 0 Å². The minimum absolute atomic E-state index is 0. The number of carboxylic acids is 1. The standard InChI is InChI=1S/C7H16N2O2.2BrH/c1-9-6(7(10)11)4-2-3-5-8;;/h6,9H,2-5,8H2,1H3,(H,10,11);2*1H/t6-;;/m0../s1. The lowest BCUT2D eigenvalue weighted by atomic mass is 10.1. The van der Waals surface area contributed by atoms with Crippen LogP contribution in [0.4, 0.5) is 0 Å². The Morgan fingerprint density at radius 3 is 2.31 bits per heavy atom. The lowest BCUT2D eigenvalue weighted by Crippen LogP contribution is -2.33. The molecule has 0 amide bonds. The van der Waals surface area contributed by atoms with Gasteiger partial charge >= 0.3 is 5.97 Å². The van der Waals surface area contributed by atoms with Crippen LogP contribution in [0.15, 0.2) is 0 Å². The monoisotopic (exact) mass is 320 g/mol. The molecule has 0 rings (SSSR count). The Morgan fingerprint density at radius 2 is 2.00 bits per heavy atom. The molecule has 0 bridgehead atoms. The molecular formula is C7H18Br2N2O2. The van der Waals surface area contributed by atoms with Crippen molar-refractivity contribution < 1.29 is 9.90 Å². The highest BCUT2D eigenvalue weighted by Crippen LogP contribution is 1.99. The summed E-state index contributed by atoms with van der Waals surface area (Å²) in [6.07, 6.45) is 2.42. The second kappa shape index (κ2) is 12.3. The fraction of sp³-hybridized carbons (Fsp3) is 0.857. The predicted molar refractivity (Wildman–Crippen MR) is 64.0 cm³/mol. The van der Waals surface area contributed by atoms with Gasteiger partial charge in [-0.05, 0) is 26.4 Å². The molecule has 0 aliphatic heterocycles. The van der Waals surface area contributed by atoms with Crippen LogP contribution in [0.5, 0.6) is 0 Å². The van der Waals surface area contributed by atoms with Gasteiger partial charge in [-0.2, -0.15) is 0 Å². The van der Waals surface area contributed by atoms with Crippen LogP contribution in [0, 0.1) is 0 Å². The third-order valence-corrected chi connectivity index (χ3v) is 1.59. The third-order valence-electron chi connectivity index (χ3n) is 1.59. The molecule has 0 aliphatic carbocycles. The summed E-state index contributed by atoms with van der Waals surface area (Å²) < 4.78 is 0. The molecule has 0 radical (unpaired) electrons. The fourth-order valence-electron chi connectivity index (χ4n) is 0.884. The fourth-order valence-corrected chi connectivity index (χ4v) is 0.884. The number of carboxylic acid groups (broad SMARTS) is 1. The van der Waals surface area contributed by atoms with Gasteiger partial charge in [-0.3, -0.25) is 4.79 Å². The number of nitrogens with two attached hydrogens (primary N) is 1. The molecule has 4 nitrogen and oxygen atoms in total. The number of nitrogens with one attached hydrogen (secondary N) is 1. The summed E-state index contributed by atoms with van der Waals surface area (Å²) in [5, 5.41) is 11.3. The lowest BCUT2D eigenvalue weighted by Gasteiger charge is -2.09. The van der Waals surface area contributed by atoms with Gasteiger partial charge in [-0.1, -0.05) is 6.42 Å². The lowest BCUT2D eigenvalue weighted by molar-refractivity contribution is -0.139. The minimum atomic E-state index is -0.787. The zero-order chi connectivity index (χ0) is 8.69. The summed E-state index contributed by atoms with van der Waals surface area (Å²) in [7, 11) is 1.65. The van der Waals surface area contributed by atoms with E-state index in [0.717, 1.165) is 12.8 Å². The van der Waals surface area contributed by atoms with Gasteiger partial charge in [-0.15, -0.1) is 34.0 Å². The summed E-state index contributed by atoms with van der Waals surface area (Å²) in [5.74, 6) is -0.787. The van der Waals surface area contributed by atoms with E-state index in [0.29, 0.717) is 13.0 Å². The van der Waals surface area contributed by atoms with E-state index in [1.165, 1.54) is 0 Å². The topological polar surface area (TPSA) is 75.3 Å². The smallest absolute Gasteiger partial charge is 0.320 e. The number of unbranched alkanes of at least 4 members (excludes halogenated alkanes) is 1. The molecule has 0 heterocycles. The van der Waals surface area contributed by atoms with Crippen LogP contribution in [0.1, 0.15) is 19.3 Å². The highest BCUT2D eigenvalue weighted by molar-refractivity contribution is 8.93. The Balaban J connectivity index is -0.000000500. The third kappa shape index (κ3) is 10.3. The molecule has 0 aromatic rings. The van der Waals surface area contributed by atoms with Crippen LogP contribution < -0.4 is 11.1 Å². The molecule has 82 valence electrons. The van der Waals surface area contributed by atoms with E-state index in [-0.39, 0.29) is 34.0 Å². The predicted octanol–water partition coefficient (Wildman–Crippen LogP) is 0.944. The molecule has 6 heteroatoms. The Morgan fingerprint density at radius 1 is 1.46 bits per heavy atom. The number of halogens is 2. The highest BCUT2D eigenvalue weighted by atomic mass is 79.9. The molecule has 0 spiro atoms. The van der Waals surface area contributed by atoms with Crippen LogP contribution in [-0.4, -0.2) is 30.7 Å². The SMILES string of the molecule is Br.Br.CN[C@@H](CCCCN)C(=O)O. The molecule has 0 fully saturated rings. The summed E-state index contributed by atoms with van der Waals surface area (Å²) >= 11 is 0. The van der Waals surface area contributed by atoms with Crippen molar-refractivity contribution in [2.75, 3.05) is 13.6 Å². The molecule has 0 aromatic carbocycles. The Bertz CT molecular complexity index is 125. The van der Waals surface area contributed by atoms with E-state index in [2.05, 4.69) is 5.32 Å². The minimum Gasteiger partial charge on any atom is -0.480 e. The number of likely N-dealkylation sites (N-methyl/N-ethyl adjacent to an activating group) is 1. The molecule has 1 atom stereocenters. The first kappa shape index (κ1) is 19.0. The molecule has 13 heavy (non-hydrogen) atoms. The second-order valence-electron chi connectivity index (χ2n) is 2.46. The zero-order valence-electron chi connectivity index (χ0n) is 7.66. The van der Waals surface area contributed by atoms with Crippen molar-refractivity contribution in [3.05, 3.63) is 0 Å². The first-order valence-electron chi connectivity index (χ1n) is 3.82. The summed E-state index contributed by atoms with van der Waals surface area (Å²) in [5.41, 5.74) is 5.26. The largest absolute Gasteiger partial charge is 0.480 e. The highest BCUT2D eigenvalue weighted by Gasteiger charge is 2.12. The number of carbonyl (C=O) groups is 1. The van der Waals surface area contributed by atoms with Crippen molar-refractivity contribution in [1.82, 2.24) is 5.32 Å². The summed E-state index contributed by atoms with van der Waals surface area (Å²) in [4.78, 5) is 10.4. The van der Waals surface area contributed by atoms with Gasteiger partial charge in [-0.25, -0.2) is 0 Å². The molecule has 0 aliphatic rings. The van der Waals surface area contributed by atoms with Gasteiger partial charge in [0.15, 0.2) is 0 Å². The van der Waals surface area contributed by atoms with E-state index in [1.54, 1.807) is 7.05 Å². The van der Waals surface area contributed by atoms with Gasteiger partial charge in [0.2, 0.25) is 0 Å². The maximum Gasteiger partial charge on any atom is 0.320 e. The number of hydrogen-bond donors (Lipinski definition) is 3. The molecule has 4 N–H and O–H groups in total. The first-order chi connectivity index (χ1) is 5.22. The number of rotatable bonds is 6. The van der Waals surface area contributed by atoms with Gasteiger partial charge in [0, 0.05) is 0 Å². The van der Waals surface area contributed by atoms with Gasteiger partial charge in [0.05, 0.1) is 0 Å². The van der Waals surface area contributed by atoms with Crippen molar-refractivity contribution in [1.29, 1.82) is 0 Å². The Hall–Kier alpha value is 0.350. The van der Waals surface area contributed by atoms with Crippen LogP contribution >= 0.6 is 34.0 Å². The van der Waals surface area contributed by atoms with Crippen LogP contribution in [0.25, 0.3) is 0 Å². The zero-order valence-corrected chi connectivity index (χ0v) is 11.1. The van der Waals surface area contributed by atoms with E-state index in [9.17, 15) is 4.79 Å². The van der Waals surface area contributed by atoms with Crippen LogP contribution in [0.2, 0.25) is 0 Å². The van der Waals surface area contributed by atoms with Crippen molar-refractivity contribution in [3.8, 4) is 0 Å². The average Bonchev–Trinajstić information content (AvgIpc) is 1.97. The van der Waals surface area contributed by atoms with Crippen molar-refractivity contribution >= 4 is 39.9 Å². The first-order valence-corrected chi connectivity index (χ1v) is 3.82. The summed E-state index contributed by atoms with van der Waals surface area (Å²) in [6, 6.07) is -0.415. The maximum atomic E-state index is 10.4. The van der Waals surface area contributed by atoms with Crippen molar-refractivity contribution in [2.24, 2.45) is 5.73 Å². The van der Waals surface area contributed by atoms with Crippen LogP contribution in [-0.2, 0) is 4.79 Å². The van der Waals surface area contributed by atoms with E-state index < -0.39 is 12.0 Å². The van der Waals surface area contributed by atoms with Gasteiger partial charge in [0.1, 0.15) is 6.04 Å². The second-order valence-corrected chi connectivity index (χ2v) is 2.46. The van der Waals surface area contributed by atoms with Crippen molar-refractivity contribution in [2.45, 2.75) is 25.3 Å².